The summed E-state index contributed by atoms with van der Waals surface area (Å²) in [4.78, 5) is 18.9. The Balaban J connectivity index is 1.62. The molecule has 3 aromatic heterocycles. The van der Waals surface area contributed by atoms with Crippen molar-refractivity contribution in [2.24, 2.45) is 0 Å². The van der Waals surface area contributed by atoms with Crippen molar-refractivity contribution in [1.29, 1.82) is 0 Å². The van der Waals surface area contributed by atoms with Gasteiger partial charge in [0.15, 0.2) is 11.0 Å². The van der Waals surface area contributed by atoms with Crippen LogP contribution in [0.5, 0.6) is 0 Å². The minimum Gasteiger partial charge on any atom is -0.424 e. The number of imidazole rings is 1. The Bertz CT molecular complexity index is 1070. The number of aryl methyl sites for hydroxylation is 3. The molecule has 4 aromatic rings. The van der Waals surface area contributed by atoms with E-state index in [9.17, 15) is 4.79 Å². The highest BCUT2D eigenvalue weighted by Crippen LogP contribution is 2.20. The van der Waals surface area contributed by atoms with Crippen molar-refractivity contribution in [3.05, 3.63) is 63.7 Å². The summed E-state index contributed by atoms with van der Waals surface area (Å²) >= 11 is 0. The Labute approximate surface area is 131 Å². The first-order valence-corrected chi connectivity index (χ1v) is 7.45. The average Bonchev–Trinajstić information content (AvgIpc) is 3.03. The number of nitrogens with two attached hydrogens (primary N) is 1. The van der Waals surface area contributed by atoms with Gasteiger partial charge in [-0.15, -0.1) is 0 Å². The predicted molar refractivity (Wildman–Crippen MR) is 88.6 cm³/mol. The maximum Gasteiger partial charge on any atom is 0.292 e. The molecule has 116 valence electrons. The number of aromatic nitrogens is 3. The molecule has 0 spiro atoms. The van der Waals surface area contributed by atoms with Gasteiger partial charge in [0, 0.05) is 29.7 Å². The molecule has 6 nitrogen and oxygen atoms in total. The Kier molecular flexibility index (Phi) is 2.97. The lowest BCUT2D eigenvalue weighted by Crippen LogP contribution is -1.99. The van der Waals surface area contributed by atoms with Gasteiger partial charge >= 0.3 is 0 Å². The van der Waals surface area contributed by atoms with Crippen molar-refractivity contribution >= 4 is 22.8 Å². The van der Waals surface area contributed by atoms with Crippen molar-refractivity contribution in [3.8, 4) is 0 Å². The minimum absolute atomic E-state index is 0.00570. The zero-order chi connectivity index (χ0) is 16.0. The molecule has 0 aliphatic carbocycles. The highest BCUT2D eigenvalue weighted by molar-refractivity contribution is 5.74. The molecular weight excluding hydrogens is 292 g/mol. The largest absolute Gasteiger partial charge is 0.424 e. The summed E-state index contributed by atoms with van der Waals surface area (Å²) in [6.07, 6.45) is 3.50. The van der Waals surface area contributed by atoms with Crippen LogP contribution in [-0.4, -0.2) is 14.4 Å². The van der Waals surface area contributed by atoms with Crippen LogP contribution in [0.4, 0.5) is 6.01 Å². The van der Waals surface area contributed by atoms with E-state index in [0.29, 0.717) is 5.58 Å². The topological polar surface area (TPSA) is 89.3 Å². The fourth-order valence-corrected chi connectivity index (χ4v) is 2.92. The van der Waals surface area contributed by atoms with Crippen LogP contribution in [0.15, 0.2) is 45.7 Å². The van der Waals surface area contributed by atoms with Gasteiger partial charge in [0.25, 0.3) is 6.01 Å². The SMILES string of the molecule is Cc1c(CCc2ccc3nc(N)oc3c2)[nH]c2cc(=O)ccn12. The summed E-state index contributed by atoms with van der Waals surface area (Å²) in [7, 11) is 0. The molecule has 1 aromatic carbocycles. The number of rotatable bonds is 3. The number of oxazole rings is 1. The fraction of sp³-hybridized carbons (Fsp3) is 0.176. The number of anilines is 1. The molecule has 0 saturated heterocycles. The van der Waals surface area contributed by atoms with Gasteiger partial charge in [0.2, 0.25) is 0 Å². The Hall–Kier alpha value is -3.02. The Morgan fingerprint density at radius 1 is 1.26 bits per heavy atom. The van der Waals surface area contributed by atoms with E-state index in [-0.39, 0.29) is 11.4 Å². The lowest BCUT2D eigenvalue weighted by Gasteiger charge is -2.01. The Morgan fingerprint density at radius 2 is 2.13 bits per heavy atom. The molecule has 0 saturated carbocycles. The van der Waals surface area contributed by atoms with Crippen molar-refractivity contribution < 1.29 is 4.42 Å². The fourth-order valence-electron chi connectivity index (χ4n) is 2.92. The number of aromatic amines is 1. The second-order valence-electron chi connectivity index (χ2n) is 5.66. The summed E-state index contributed by atoms with van der Waals surface area (Å²) in [5.41, 5.74) is 11.3. The molecule has 6 heteroatoms. The number of fused-ring (bicyclic) bond motifs is 2. The second kappa shape index (κ2) is 5.01. The van der Waals surface area contributed by atoms with Crippen LogP contribution < -0.4 is 11.2 Å². The van der Waals surface area contributed by atoms with E-state index in [4.69, 9.17) is 10.2 Å². The molecule has 0 unspecified atom stereocenters. The standard InChI is InChI=1S/C17H16N4O2/c1-10-13(19-16-9-12(22)6-7-21(10)16)4-2-11-3-5-14-15(8-11)23-17(18)20-14/h3,5-9,19H,2,4H2,1H3,(H2,18,20). The van der Waals surface area contributed by atoms with E-state index in [1.54, 1.807) is 18.3 Å². The van der Waals surface area contributed by atoms with Crippen molar-refractivity contribution in [1.82, 2.24) is 14.4 Å². The van der Waals surface area contributed by atoms with E-state index in [1.807, 2.05) is 29.5 Å². The molecule has 3 N–H and O–H groups in total. The molecule has 4 rings (SSSR count). The minimum atomic E-state index is 0.00570. The van der Waals surface area contributed by atoms with Crippen LogP contribution in [0, 0.1) is 6.92 Å². The number of nitrogens with one attached hydrogen (secondary N) is 1. The molecule has 0 amide bonds. The first kappa shape index (κ1) is 13.6. The monoisotopic (exact) mass is 308 g/mol. The summed E-state index contributed by atoms with van der Waals surface area (Å²) in [6, 6.07) is 9.29. The van der Waals surface area contributed by atoms with E-state index in [0.717, 1.165) is 41.0 Å². The second-order valence-corrected chi connectivity index (χ2v) is 5.66. The van der Waals surface area contributed by atoms with Crippen molar-refractivity contribution in [3.63, 3.8) is 0 Å². The van der Waals surface area contributed by atoms with E-state index < -0.39 is 0 Å². The third-order valence-electron chi connectivity index (χ3n) is 4.14. The number of hydrogen-bond donors (Lipinski definition) is 2. The molecule has 0 atom stereocenters. The van der Waals surface area contributed by atoms with Gasteiger partial charge in [-0.05, 0) is 37.5 Å². The number of benzene rings is 1. The molecular formula is C17H16N4O2. The van der Waals surface area contributed by atoms with Gasteiger partial charge in [0.1, 0.15) is 11.2 Å². The zero-order valence-corrected chi connectivity index (χ0v) is 12.7. The molecule has 0 aliphatic rings. The number of H-pyrrole nitrogens is 1. The number of nitrogen functional groups attached to an aromatic ring is 1. The number of pyridine rings is 1. The highest BCUT2D eigenvalue weighted by atomic mass is 16.4. The maximum absolute atomic E-state index is 11.4. The summed E-state index contributed by atoms with van der Waals surface area (Å²) in [5, 5.41) is 0. The highest BCUT2D eigenvalue weighted by Gasteiger charge is 2.08. The van der Waals surface area contributed by atoms with E-state index >= 15 is 0 Å². The van der Waals surface area contributed by atoms with E-state index in [2.05, 4.69) is 9.97 Å². The summed E-state index contributed by atoms with van der Waals surface area (Å²) in [6.45, 7) is 2.05. The van der Waals surface area contributed by atoms with E-state index in [1.165, 1.54) is 0 Å². The van der Waals surface area contributed by atoms with Crippen LogP contribution in [0.25, 0.3) is 16.7 Å². The van der Waals surface area contributed by atoms with Crippen molar-refractivity contribution in [2.45, 2.75) is 19.8 Å². The normalized spacial score (nSPS) is 11.5. The van der Waals surface area contributed by atoms with Crippen LogP contribution in [-0.2, 0) is 12.8 Å². The van der Waals surface area contributed by atoms with Gasteiger partial charge in [-0.25, -0.2) is 0 Å². The predicted octanol–water partition coefficient (Wildman–Crippen LogP) is 2.44. The molecule has 0 bridgehead atoms. The quantitative estimate of drug-likeness (QED) is 0.608. The smallest absolute Gasteiger partial charge is 0.292 e. The molecule has 3 heterocycles. The number of hydrogen-bond acceptors (Lipinski definition) is 4. The molecule has 0 aliphatic heterocycles. The Morgan fingerprint density at radius 3 is 3.00 bits per heavy atom. The van der Waals surface area contributed by atoms with Crippen LogP contribution in [0.3, 0.4) is 0 Å². The first-order valence-electron chi connectivity index (χ1n) is 7.45. The number of nitrogens with zero attached hydrogens (tertiary/aromatic N) is 2. The lowest BCUT2D eigenvalue weighted by molar-refractivity contribution is 0.625. The van der Waals surface area contributed by atoms with Gasteiger partial charge < -0.3 is 19.5 Å². The van der Waals surface area contributed by atoms with Gasteiger partial charge in [-0.3, -0.25) is 4.79 Å². The molecule has 23 heavy (non-hydrogen) atoms. The van der Waals surface area contributed by atoms with Crippen LogP contribution in [0.2, 0.25) is 0 Å². The van der Waals surface area contributed by atoms with Crippen LogP contribution >= 0.6 is 0 Å². The third kappa shape index (κ3) is 2.38. The average molecular weight is 308 g/mol. The van der Waals surface area contributed by atoms with Gasteiger partial charge in [0.05, 0.1) is 0 Å². The molecule has 0 fully saturated rings. The summed E-state index contributed by atoms with van der Waals surface area (Å²) in [5.74, 6) is 0. The van der Waals surface area contributed by atoms with Gasteiger partial charge in [-0.1, -0.05) is 6.07 Å². The van der Waals surface area contributed by atoms with Crippen LogP contribution in [0.1, 0.15) is 17.0 Å². The van der Waals surface area contributed by atoms with Crippen molar-refractivity contribution in [2.75, 3.05) is 5.73 Å². The first-order chi connectivity index (χ1) is 11.1. The third-order valence-corrected chi connectivity index (χ3v) is 4.14. The molecule has 0 radical (unpaired) electrons. The summed E-state index contributed by atoms with van der Waals surface area (Å²) < 4.78 is 7.36. The lowest BCUT2D eigenvalue weighted by atomic mass is 10.1. The zero-order valence-electron chi connectivity index (χ0n) is 12.7. The maximum atomic E-state index is 11.4. The van der Waals surface area contributed by atoms with Gasteiger partial charge in [-0.2, -0.15) is 4.98 Å².